The van der Waals surface area contributed by atoms with E-state index in [2.05, 4.69) is 21.2 Å². The van der Waals surface area contributed by atoms with Gasteiger partial charge in [0.15, 0.2) is 0 Å². The van der Waals surface area contributed by atoms with E-state index < -0.39 is 15.9 Å². The highest BCUT2D eigenvalue weighted by molar-refractivity contribution is 9.10. The Morgan fingerprint density at radius 2 is 2.00 bits per heavy atom. The van der Waals surface area contributed by atoms with E-state index in [1.807, 2.05) is 18.2 Å². The van der Waals surface area contributed by atoms with Gasteiger partial charge >= 0.3 is 0 Å². The zero-order chi connectivity index (χ0) is 19.8. The van der Waals surface area contributed by atoms with E-state index in [9.17, 15) is 13.2 Å². The molecule has 1 aliphatic heterocycles. The SMILES string of the molecule is CN(C)S(=O)(=O)c1ccc(Cl)c(C(=O)NC2CCOc3ccc(Br)cc32)c1. The number of nitrogens with one attached hydrogen (secondary N) is 1. The summed E-state index contributed by atoms with van der Waals surface area (Å²) in [7, 11) is -0.806. The third-order valence-electron chi connectivity index (χ3n) is 4.28. The Kier molecular flexibility index (Phi) is 5.81. The summed E-state index contributed by atoms with van der Waals surface area (Å²) < 4.78 is 32.3. The molecule has 0 aromatic heterocycles. The number of carbonyl (C=O) groups excluding carboxylic acids is 1. The Labute approximate surface area is 171 Å². The number of halogens is 2. The molecule has 0 aliphatic carbocycles. The molecule has 1 amide bonds. The Bertz CT molecular complexity index is 995. The van der Waals surface area contributed by atoms with Crippen LogP contribution in [0.15, 0.2) is 45.8 Å². The summed E-state index contributed by atoms with van der Waals surface area (Å²) in [6.45, 7) is 0.475. The zero-order valence-corrected chi connectivity index (χ0v) is 17.9. The third kappa shape index (κ3) is 4.13. The van der Waals surface area contributed by atoms with Crippen molar-refractivity contribution >= 4 is 43.5 Å². The second-order valence-electron chi connectivity index (χ2n) is 6.27. The van der Waals surface area contributed by atoms with Crippen molar-refractivity contribution in [3.8, 4) is 5.75 Å². The van der Waals surface area contributed by atoms with Gasteiger partial charge in [-0.15, -0.1) is 0 Å². The van der Waals surface area contributed by atoms with Crippen molar-refractivity contribution < 1.29 is 17.9 Å². The quantitative estimate of drug-likeness (QED) is 0.736. The number of nitrogens with zero attached hydrogens (tertiary/aromatic N) is 1. The van der Waals surface area contributed by atoms with Crippen LogP contribution < -0.4 is 10.1 Å². The van der Waals surface area contributed by atoms with E-state index in [0.717, 1.165) is 14.3 Å². The van der Waals surface area contributed by atoms with E-state index in [-0.39, 0.29) is 21.5 Å². The maximum absolute atomic E-state index is 12.8. The summed E-state index contributed by atoms with van der Waals surface area (Å²) in [6.07, 6.45) is 0.600. The second kappa shape index (κ2) is 7.79. The molecule has 6 nitrogen and oxygen atoms in total. The summed E-state index contributed by atoms with van der Waals surface area (Å²) in [6, 6.07) is 9.45. The smallest absolute Gasteiger partial charge is 0.253 e. The number of fused-ring (bicyclic) bond motifs is 1. The Morgan fingerprint density at radius 1 is 1.26 bits per heavy atom. The molecular formula is C18H18BrClN2O4S. The van der Waals surface area contributed by atoms with Crippen LogP contribution in [0.2, 0.25) is 5.02 Å². The van der Waals surface area contributed by atoms with E-state index >= 15 is 0 Å². The minimum absolute atomic E-state index is 0.0113. The van der Waals surface area contributed by atoms with Crippen LogP contribution in [0.25, 0.3) is 0 Å². The number of amides is 1. The van der Waals surface area contributed by atoms with Crippen LogP contribution >= 0.6 is 27.5 Å². The molecule has 1 atom stereocenters. The average molecular weight is 474 g/mol. The molecule has 1 aliphatic rings. The molecule has 0 saturated heterocycles. The van der Waals surface area contributed by atoms with Gasteiger partial charge in [-0.25, -0.2) is 12.7 Å². The van der Waals surface area contributed by atoms with Gasteiger partial charge in [0.2, 0.25) is 10.0 Å². The van der Waals surface area contributed by atoms with Crippen molar-refractivity contribution in [2.24, 2.45) is 0 Å². The first kappa shape index (κ1) is 20.1. The Balaban J connectivity index is 1.91. The largest absolute Gasteiger partial charge is 0.493 e. The summed E-state index contributed by atoms with van der Waals surface area (Å²) in [5.41, 5.74) is 0.972. The van der Waals surface area contributed by atoms with E-state index in [4.69, 9.17) is 16.3 Å². The lowest BCUT2D eigenvalue weighted by Gasteiger charge is -2.27. The molecule has 1 heterocycles. The van der Waals surface area contributed by atoms with Gasteiger partial charge in [-0.1, -0.05) is 27.5 Å². The fraction of sp³-hybridized carbons (Fsp3) is 0.278. The van der Waals surface area contributed by atoms with Gasteiger partial charge in [-0.3, -0.25) is 4.79 Å². The molecule has 0 radical (unpaired) electrons. The highest BCUT2D eigenvalue weighted by atomic mass is 79.9. The standard InChI is InChI=1S/C18H18BrClN2O4S/c1-22(2)27(24,25)12-4-5-15(20)13(10-12)18(23)21-16-7-8-26-17-6-3-11(19)9-14(16)17/h3-6,9-10,16H,7-8H2,1-2H3,(H,21,23). The van der Waals surface area contributed by atoms with E-state index in [0.29, 0.717) is 18.8 Å². The monoisotopic (exact) mass is 472 g/mol. The first-order valence-electron chi connectivity index (χ1n) is 8.15. The lowest BCUT2D eigenvalue weighted by atomic mass is 10.00. The third-order valence-corrected chi connectivity index (χ3v) is 6.91. The topological polar surface area (TPSA) is 75.7 Å². The number of hydrogen-bond donors (Lipinski definition) is 1. The van der Waals surface area contributed by atoms with Crippen LogP contribution in [0.1, 0.15) is 28.4 Å². The molecule has 2 aromatic rings. The van der Waals surface area contributed by atoms with E-state index in [1.54, 1.807) is 0 Å². The molecule has 3 rings (SSSR count). The molecule has 2 aromatic carbocycles. The van der Waals surface area contributed by atoms with E-state index in [1.165, 1.54) is 32.3 Å². The highest BCUT2D eigenvalue weighted by Gasteiger charge is 2.26. The maximum Gasteiger partial charge on any atom is 0.253 e. The number of sulfonamides is 1. The van der Waals surface area contributed by atoms with Crippen LogP contribution in [-0.2, 0) is 10.0 Å². The molecule has 1 unspecified atom stereocenters. The first-order valence-corrected chi connectivity index (χ1v) is 10.8. The maximum atomic E-state index is 12.8. The molecular weight excluding hydrogens is 456 g/mol. The van der Waals surface area contributed by atoms with Gasteiger partial charge in [0, 0.05) is 30.6 Å². The average Bonchev–Trinajstić information content (AvgIpc) is 2.62. The molecule has 0 saturated carbocycles. The predicted octanol–water partition coefficient (Wildman–Crippen LogP) is 3.61. The number of rotatable bonds is 4. The molecule has 0 spiro atoms. The van der Waals surface area contributed by atoms with Crippen molar-refractivity contribution in [2.75, 3.05) is 20.7 Å². The number of carbonyl (C=O) groups is 1. The molecule has 27 heavy (non-hydrogen) atoms. The van der Waals surface area contributed by atoms with Gasteiger partial charge in [0.1, 0.15) is 5.75 Å². The van der Waals surface area contributed by atoms with Gasteiger partial charge in [0.05, 0.1) is 28.1 Å². The minimum Gasteiger partial charge on any atom is -0.493 e. The lowest BCUT2D eigenvalue weighted by Crippen LogP contribution is -2.32. The molecule has 1 N–H and O–H groups in total. The number of benzene rings is 2. The number of hydrogen-bond acceptors (Lipinski definition) is 4. The normalized spacial score (nSPS) is 16.6. The van der Waals surface area contributed by atoms with Crippen molar-refractivity contribution in [2.45, 2.75) is 17.4 Å². The Hall–Kier alpha value is -1.61. The summed E-state index contributed by atoms with van der Waals surface area (Å²) in [4.78, 5) is 12.8. The summed E-state index contributed by atoms with van der Waals surface area (Å²) >= 11 is 9.59. The predicted molar refractivity (Wildman–Crippen MR) is 107 cm³/mol. The van der Waals surface area contributed by atoms with Crippen LogP contribution in [0.5, 0.6) is 5.75 Å². The number of ether oxygens (including phenoxy) is 1. The highest BCUT2D eigenvalue weighted by Crippen LogP contribution is 2.34. The van der Waals surface area contributed by atoms with Gasteiger partial charge < -0.3 is 10.1 Å². The molecule has 144 valence electrons. The van der Waals surface area contributed by atoms with Crippen molar-refractivity contribution in [1.29, 1.82) is 0 Å². The summed E-state index contributed by atoms with van der Waals surface area (Å²) in [5, 5.41) is 3.12. The van der Waals surface area contributed by atoms with Crippen LogP contribution in [-0.4, -0.2) is 39.3 Å². The minimum atomic E-state index is -3.67. The van der Waals surface area contributed by atoms with Crippen molar-refractivity contribution in [1.82, 2.24) is 9.62 Å². The van der Waals surface area contributed by atoms with Gasteiger partial charge in [-0.2, -0.15) is 0 Å². The molecule has 9 heteroatoms. The fourth-order valence-electron chi connectivity index (χ4n) is 2.80. The molecule has 0 bridgehead atoms. The first-order chi connectivity index (χ1) is 12.7. The summed E-state index contributed by atoms with van der Waals surface area (Å²) in [5.74, 6) is 0.276. The fourth-order valence-corrected chi connectivity index (χ4v) is 4.31. The van der Waals surface area contributed by atoms with Gasteiger partial charge in [0.25, 0.3) is 5.91 Å². The van der Waals surface area contributed by atoms with Crippen LogP contribution in [0.3, 0.4) is 0 Å². The lowest BCUT2D eigenvalue weighted by molar-refractivity contribution is 0.0924. The zero-order valence-electron chi connectivity index (χ0n) is 14.7. The van der Waals surface area contributed by atoms with Crippen molar-refractivity contribution in [3.63, 3.8) is 0 Å². The molecule has 0 fully saturated rings. The van der Waals surface area contributed by atoms with Crippen LogP contribution in [0.4, 0.5) is 0 Å². The van der Waals surface area contributed by atoms with Crippen LogP contribution in [0, 0.1) is 0 Å². The van der Waals surface area contributed by atoms with Crippen molar-refractivity contribution in [3.05, 3.63) is 57.0 Å². The van der Waals surface area contributed by atoms with Gasteiger partial charge in [-0.05, 0) is 36.4 Å². The second-order valence-corrected chi connectivity index (χ2v) is 9.75. The Morgan fingerprint density at radius 3 is 2.70 bits per heavy atom.